The van der Waals surface area contributed by atoms with E-state index in [0.717, 1.165) is 24.5 Å². The Hall–Kier alpha value is -1.19. The van der Waals surface area contributed by atoms with Crippen LogP contribution in [0.3, 0.4) is 0 Å². The van der Waals surface area contributed by atoms with Gasteiger partial charge in [-0.15, -0.1) is 0 Å². The molecule has 0 radical (unpaired) electrons. The number of ketones is 1. The van der Waals surface area contributed by atoms with Crippen LogP contribution in [0.15, 0.2) is 0 Å². The predicted molar refractivity (Wildman–Crippen MR) is 54.1 cm³/mol. The van der Waals surface area contributed by atoms with Crippen molar-refractivity contribution in [2.75, 3.05) is 0 Å². The SMILES string of the molecule is CCC(=O)Cn1nc(CC)nc1CC. The number of carbonyl (C=O) groups is 1. The number of hydrogen-bond acceptors (Lipinski definition) is 3. The molecule has 0 bridgehead atoms. The van der Waals surface area contributed by atoms with Crippen LogP contribution in [0.4, 0.5) is 0 Å². The number of rotatable bonds is 5. The zero-order valence-electron chi connectivity index (χ0n) is 9.08. The molecular weight excluding hydrogens is 178 g/mol. The molecule has 0 unspecified atom stereocenters. The molecule has 0 aromatic carbocycles. The van der Waals surface area contributed by atoms with Gasteiger partial charge in [-0.2, -0.15) is 5.10 Å². The molecule has 1 rings (SSSR count). The van der Waals surface area contributed by atoms with Crippen LogP contribution in [0.25, 0.3) is 0 Å². The van der Waals surface area contributed by atoms with Gasteiger partial charge in [-0.25, -0.2) is 9.67 Å². The van der Waals surface area contributed by atoms with Crippen LogP contribution in [0, 0.1) is 0 Å². The molecule has 1 aromatic rings. The average molecular weight is 195 g/mol. The van der Waals surface area contributed by atoms with Crippen LogP contribution in [-0.4, -0.2) is 20.5 Å². The van der Waals surface area contributed by atoms with Crippen LogP contribution < -0.4 is 0 Å². The first-order valence-corrected chi connectivity index (χ1v) is 5.15. The Morgan fingerprint density at radius 3 is 2.50 bits per heavy atom. The molecule has 14 heavy (non-hydrogen) atoms. The van der Waals surface area contributed by atoms with Crippen molar-refractivity contribution in [3.05, 3.63) is 11.6 Å². The molecular formula is C10H17N3O. The Morgan fingerprint density at radius 1 is 1.29 bits per heavy atom. The summed E-state index contributed by atoms with van der Waals surface area (Å²) in [6.45, 7) is 6.27. The number of hydrogen-bond donors (Lipinski definition) is 0. The summed E-state index contributed by atoms with van der Waals surface area (Å²) in [4.78, 5) is 15.6. The van der Waals surface area contributed by atoms with Crippen molar-refractivity contribution in [3.63, 3.8) is 0 Å². The fraction of sp³-hybridized carbons (Fsp3) is 0.700. The van der Waals surface area contributed by atoms with E-state index in [1.54, 1.807) is 4.68 Å². The van der Waals surface area contributed by atoms with Crippen molar-refractivity contribution in [1.82, 2.24) is 14.8 Å². The maximum absolute atomic E-state index is 11.3. The lowest BCUT2D eigenvalue weighted by atomic mass is 10.3. The van der Waals surface area contributed by atoms with Gasteiger partial charge in [0, 0.05) is 19.3 Å². The van der Waals surface area contributed by atoms with Crippen molar-refractivity contribution < 1.29 is 4.79 Å². The molecule has 4 nitrogen and oxygen atoms in total. The van der Waals surface area contributed by atoms with Gasteiger partial charge in [0.05, 0.1) is 0 Å². The summed E-state index contributed by atoms with van der Waals surface area (Å²) in [5.74, 6) is 1.93. The zero-order chi connectivity index (χ0) is 10.6. The third kappa shape index (κ3) is 2.40. The van der Waals surface area contributed by atoms with Gasteiger partial charge in [0.2, 0.25) is 0 Å². The van der Waals surface area contributed by atoms with Crippen LogP contribution in [0.2, 0.25) is 0 Å². The van der Waals surface area contributed by atoms with Gasteiger partial charge in [0.25, 0.3) is 0 Å². The topological polar surface area (TPSA) is 47.8 Å². The summed E-state index contributed by atoms with van der Waals surface area (Å²) in [6.07, 6.45) is 2.20. The van der Waals surface area contributed by atoms with Crippen molar-refractivity contribution >= 4 is 5.78 Å². The molecule has 0 saturated heterocycles. The molecule has 0 spiro atoms. The Morgan fingerprint density at radius 2 is 2.00 bits per heavy atom. The minimum atomic E-state index is 0.201. The van der Waals surface area contributed by atoms with Crippen LogP contribution >= 0.6 is 0 Å². The van der Waals surface area contributed by atoms with Crippen molar-refractivity contribution in [3.8, 4) is 0 Å². The van der Waals surface area contributed by atoms with Crippen LogP contribution in [0.5, 0.6) is 0 Å². The van der Waals surface area contributed by atoms with Crippen LogP contribution in [-0.2, 0) is 24.2 Å². The molecule has 0 amide bonds. The van der Waals surface area contributed by atoms with Crippen molar-refractivity contribution in [1.29, 1.82) is 0 Å². The van der Waals surface area contributed by atoms with E-state index in [2.05, 4.69) is 10.1 Å². The Kier molecular flexibility index (Phi) is 3.80. The standard InChI is InChI=1S/C10H17N3O/c1-4-8(14)7-13-10(6-3)11-9(5-2)12-13/h4-7H2,1-3H3. The lowest BCUT2D eigenvalue weighted by Crippen LogP contribution is -2.13. The third-order valence-corrected chi connectivity index (χ3v) is 2.15. The summed E-state index contributed by atoms with van der Waals surface area (Å²) in [5.41, 5.74) is 0. The first kappa shape index (κ1) is 10.9. The van der Waals surface area contributed by atoms with Gasteiger partial charge >= 0.3 is 0 Å². The summed E-state index contributed by atoms with van der Waals surface area (Å²) in [7, 11) is 0. The predicted octanol–water partition coefficient (Wildman–Crippen LogP) is 1.38. The maximum Gasteiger partial charge on any atom is 0.154 e. The molecule has 1 aromatic heterocycles. The maximum atomic E-state index is 11.3. The number of nitrogens with zero attached hydrogens (tertiary/aromatic N) is 3. The number of Topliss-reactive ketones (excluding diaryl/α,β-unsaturated/α-hetero) is 1. The highest BCUT2D eigenvalue weighted by molar-refractivity contribution is 5.77. The highest BCUT2D eigenvalue weighted by Gasteiger charge is 2.09. The molecule has 0 atom stereocenters. The second-order valence-electron chi connectivity index (χ2n) is 3.20. The average Bonchev–Trinajstić information content (AvgIpc) is 2.60. The molecule has 0 N–H and O–H groups in total. The highest BCUT2D eigenvalue weighted by atomic mass is 16.1. The number of carbonyl (C=O) groups excluding carboxylic acids is 1. The summed E-state index contributed by atoms with van der Waals surface area (Å²) >= 11 is 0. The van der Waals surface area contributed by atoms with Gasteiger partial charge in [-0.05, 0) is 0 Å². The van der Waals surface area contributed by atoms with E-state index < -0.39 is 0 Å². The Balaban J connectivity index is 2.83. The van der Waals surface area contributed by atoms with E-state index >= 15 is 0 Å². The van der Waals surface area contributed by atoms with E-state index in [0.29, 0.717) is 13.0 Å². The summed E-state index contributed by atoms with van der Waals surface area (Å²) in [5, 5.41) is 4.27. The Labute approximate surface area is 84.3 Å². The fourth-order valence-electron chi connectivity index (χ4n) is 1.24. The van der Waals surface area contributed by atoms with E-state index in [4.69, 9.17) is 0 Å². The van der Waals surface area contributed by atoms with E-state index in [9.17, 15) is 4.79 Å². The normalized spacial score (nSPS) is 10.5. The van der Waals surface area contributed by atoms with Gasteiger partial charge in [-0.3, -0.25) is 4.79 Å². The quantitative estimate of drug-likeness (QED) is 0.713. The first-order chi connectivity index (χ1) is 6.71. The fourth-order valence-corrected chi connectivity index (χ4v) is 1.24. The molecule has 0 saturated carbocycles. The molecule has 0 aliphatic rings. The van der Waals surface area contributed by atoms with Crippen molar-refractivity contribution in [2.24, 2.45) is 0 Å². The summed E-state index contributed by atoms with van der Waals surface area (Å²) in [6, 6.07) is 0. The zero-order valence-corrected chi connectivity index (χ0v) is 9.08. The molecule has 0 aliphatic heterocycles. The lowest BCUT2D eigenvalue weighted by Gasteiger charge is -2.01. The minimum absolute atomic E-state index is 0.201. The van der Waals surface area contributed by atoms with E-state index in [-0.39, 0.29) is 5.78 Å². The van der Waals surface area contributed by atoms with E-state index in [1.165, 1.54) is 0 Å². The second kappa shape index (κ2) is 4.88. The first-order valence-electron chi connectivity index (χ1n) is 5.15. The number of aromatic nitrogens is 3. The molecule has 1 heterocycles. The monoisotopic (exact) mass is 195 g/mol. The van der Waals surface area contributed by atoms with Gasteiger partial charge < -0.3 is 0 Å². The van der Waals surface area contributed by atoms with Gasteiger partial charge in [0.15, 0.2) is 11.6 Å². The smallest absolute Gasteiger partial charge is 0.154 e. The Bertz CT molecular complexity index is 317. The van der Waals surface area contributed by atoms with Gasteiger partial charge in [-0.1, -0.05) is 20.8 Å². The van der Waals surface area contributed by atoms with Gasteiger partial charge in [0.1, 0.15) is 12.4 Å². The lowest BCUT2D eigenvalue weighted by molar-refractivity contribution is -0.119. The minimum Gasteiger partial charge on any atom is -0.298 e. The van der Waals surface area contributed by atoms with Crippen molar-refractivity contribution in [2.45, 2.75) is 46.6 Å². The molecule has 4 heteroatoms. The number of aryl methyl sites for hydroxylation is 2. The highest BCUT2D eigenvalue weighted by Crippen LogP contribution is 2.01. The third-order valence-electron chi connectivity index (χ3n) is 2.15. The largest absolute Gasteiger partial charge is 0.298 e. The molecule has 78 valence electrons. The van der Waals surface area contributed by atoms with Crippen LogP contribution in [0.1, 0.15) is 38.8 Å². The summed E-state index contributed by atoms with van der Waals surface area (Å²) < 4.78 is 1.73. The van der Waals surface area contributed by atoms with E-state index in [1.807, 2.05) is 20.8 Å². The molecule has 0 aliphatic carbocycles. The second-order valence-corrected chi connectivity index (χ2v) is 3.20. The molecule has 0 fully saturated rings.